The van der Waals surface area contributed by atoms with Gasteiger partial charge in [0.05, 0.1) is 44.8 Å². The predicted octanol–water partition coefficient (Wildman–Crippen LogP) is 3.73. The lowest BCUT2D eigenvalue weighted by Gasteiger charge is -2.25. The summed E-state index contributed by atoms with van der Waals surface area (Å²) in [6.45, 7) is 2.71. The summed E-state index contributed by atoms with van der Waals surface area (Å²) in [6.07, 6.45) is 2.07. The second kappa shape index (κ2) is 10.9. The van der Waals surface area contributed by atoms with Gasteiger partial charge in [-0.15, -0.1) is 0 Å². The van der Waals surface area contributed by atoms with Gasteiger partial charge in [-0.2, -0.15) is 4.99 Å². The lowest BCUT2D eigenvalue weighted by Crippen LogP contribution is -2.37. The predicted molar refractivity (Wildman–Crippen MR) is 139 cm³/mol. The molecule has 10 heteroatoms. The number of thioether (sulfide) groups is 1. The molecule has 2 aliphatic rings. The number of ether oxygens (including phenoxy) is 3. The highest BCUT2D eigenvalue weighted by atomic mass is 32.2. The molecule has 0 radical (unpaired) electrons. The fraction of sp³-hybridized carbons (Fsp3) is 0.440. The molecule has 0 aliphatic carbocycles. The molecule has 2 aromatic rings. The average Bonchev–Trinajstić information content (AvgIpc) is 3.29. The maximum atomic E-state index is 12.9. The Morgan fingerprint density at radius 1 is 1.11 bits per heavy atom. The highest BCUT2D eigenvalue weighted by molar-refractivity contribution is 8.16. The van der Waals surface area contributed by atoms with Gasteiger partial charge in [0.2, 0.25) is 0 Å². The van der Waals surface area contributed by atoms with Crippen LogP contribution in [0.5, 0.6) is 17.2 Å². The van der Waals surface area contributed by atoms with Gasteiger partial charge in [-0.1, -0.05) is 37.2 Å². The first kappa shape index (κ1) is 25.4. The molecule has 4 rings (SSSR count). The van der Waals surface area contributed by atoms with Crippen molar-refractivity contribution in [1.29, 1.82) is 0 Å². The molecule has 1 amide bonds. The lowest BCUT2D eigenvalue weighted by molar-refractivity contribution is -0.117. The number of nitrogens with zero attached hydrogens (tertiary/aromatic N) is 2. The number of sulfone groups is 1. The summed E-state index contributed by atoms with van der Waals surface area (Å²) >= 11 is 1.36. The van der Waals surface area contributed by atoms with Crippen molar-refractivity contribution in [3.63, 3.8) is 0 Å². The average molecular weight is 519 g/mol. The minimum Gasteiger partial charge on any atom is -0.494 e. The number of unbranched alkanes of at least 4 members (excludes halogenated alkanes) is 1. The quantitative estimate of drug-likeness (QED) is 0.464. The molecule has 8 nitrogen and oxygen atoms in total. The van der Waals surface area contributed by atoms with Gasteiger partial charge in [-0.05, 0) is 36.2 Å². The van der Waals surface area contributed by atoms with Crippen LogP contribution in [0.1, 0.15) is 25.3 Å². The van der Waals surface area contributed by atoms with Crippen molar-refractivity contribution in [2.45, 2.75) is 37.5 Å². The molecule has 188 valence electrons. The summed E-state index contributed by atoms with van der Waals surface area (Å²) in [5, 5.41) is 0.350. The monoisotopic (exact) mass is 518 g/mol. The standard InChI is InChI=1S/C25H30N2O6S2/c1-4-5-11-33-19-8-6-7-18(14-19)27-20-15-35(29,30)16-23(20)34-25(27)26-24(28)13-17-9-10-21(31-2)22(12-17)32-3/h6-10,12,14,20,23H,4-5,11,13,15-16H2,1-3H3/t20-,23+/m0/s1. The number of carbonyl (C=O) groups excluding carboxylic acids is 1. The first-order valence-corrected chi connectivity index (χ1v) is 14.2. The minimum absolute atomic E-state index is 0.0362. The van der Waals surface area contributed by atoms with E-state index in [0.717, 1.165) is 24.1 Å². The zero-order valence-corrected chi connectivity index (χ0v) is 21.7. The van der Waals surface area contributed by atoms with Crippen molar-refractivity contribution in [2.75, 3.05) is 37.2 Å². The van der Waals surface area contributed by atoms with Crippen LogP contribution < -0.4 is 19.1 Å². The van der Waals surface area contributed by atoms with E-state index in [1.807, 2.05) is 29.2 Å². The van der Waals surface area contributed by atoms with E-state index >= 15 is 0 Å². The summed E-state index contributed by atoms with van der Waals surface area (Å²) < 4.78 is 41.1. The van der Waals surface area contributed by atoms with Gasteiger partial charge < -0.3 is 19.1 Å². The Morgan fingerprint density at radius 3 is 2.66 bits per heavy atom. The van der Waals surface area contributed by atoms with Crippen LogP contribution in [0.3, 0.4) is 0 Å². The van der Waals surface area contributed by atoms with Crippen molar-refractivity contribution in [1.82, 2.24) is 0 Å². The third kappa shape index (κ3) is 5.92. The van der Waals surface area contributed by atoms with Gasteiger partial charge in [-0.3, -0.25) is 4.79 Å². The number of aliphatic imine (C=N–C) groups is 1. The molecule has 0 N–H and O–H groups in total. The van der Waals surface area contributed by atoms with Gasteiger partial charge in [0, 0.05) is 17.0 Å². The molecular formula is C25H30N2O6S2. The number of carbonyl (C=O) groups is 1. The molecule has 0 aromatic heterocycles. The SMILES string of the molecule is CCCCOc1cccc(N2C(=NC(=O)Cc3ccc(OC)c(OC)c3)S[C@@H]3CS(=O)(=O)C[C@@H]32)c1. The van der Waals surface area contributed by atoms with Crippen LogP contribution in [0.15, 0.2) is 47.5 Å². The second-order valence-electron chi connectivity index (χ2n) is 8.52. The van der Waals surface area contributed by atoms with E-state index in [2.05, 4.69) is 11.9 Å². The van der Waals surface area contributed by atoms with Crippen LogP contribution in [0.25, 0.3) is 0 Å². The van der Waals surface area contributed by atoms with Gasteiger partial charge in [0.15, 0.2) is 26.5 Å². The molecule has 2 fully saturated rings. The van der Waals surface area contributed by atoms with Gasteiger partial charge in [-0.25, -0.2) is 8.42 Å². The number of amidine groups is 1. The number of fused-ring (bicyclic) bond motifs is 1. The number of amides is 1. The molecule has 0 bridgehead atoms. The van der Waals surface area contributed by atoms with Crippen molar-refractivity contribution < 1.29 is 27.4 Å². The molecule has 2 atom stereocenters. The molecule has 35 heavy (non-hydrogen) atoms. The molecule has 0 saturated carbocycles. The maximum absolute atomic E-state index is 12.9. The maximum Gasteiger partial charge on any atom is 0.252 e. The van der Waals surface area contributed by atoms with E-state index in [9.17, 15) is 13.2 Å². The Hall–Kier alpha value is -2.72. The Labute approximate surface area is 210 Å². The van der Waals surface area contributed by atoms with Crippen LogP contribution in [0.4, 0.5) is 5.69 Å². The highest BCUT2D eigenvalue weighted by Crippen LogP contribution is 2.41. The number of hydrogen-bond acceptors (Lipinski definition) is 7. The van der Waals surface area contributed by atoms with Gasteiger partial charge >= 0.3 is 0 Å². The van der Waals surface area contributed by atoms with E-state index in [0.29, 0.717) is 29.0 Å². The third-order valence-electron chi connectivity index (χ3n) is 5.95. The first-order valence-electron chi connectivity index (χ1n) is 11.5. The highest BCUT2D eigenvalue weighted by Gasteiger charge is 2.49. The Balaban J connectivity index is 1.59. The topological polar surface area (TPSA) is 94.5 Å². The fourth-order valence-corrected chi connectivity index (χ4v) is 8.17. The van der Waals surface area contributed by atoms with Crippen molar-refractivity contribution in [3.8, 4) is 17.2 Å². The summed E-state index contributed by atoms with van der Waals surface area (Å²) in [7, 11) is -0.0460. The Morgan fingerprint density at radius 2 is 1.91 bits per heavy atom. The Bertz CT molecular complexity index is 1210. The molecule has 2 heterocycles. The number of rotatable bonds is 9. The molecule has 2 aromatic carbocycles. The zero-order chi connectivity index (χ0) is 25.0. The molecule has 2 saturated heterocycles. The smallest absolute Gasteiger partial charge is 0.252 e. The van der Waals surface area contributed by atoms with Crippen LogP contribution in [0, 0.1) is 0 Å². The number of anilines is 1. The van der Waals surface area contributed by atoms with Crippen LogP contribution in [0.2, 0.25) is 0 Å². The molecule has 0 unspecified atom stereocenters. The number of benzene rings is 2. The Kier molecular flexibility index (Phi) is 7.91. The number of methoxy groups -OCH3 is 2. The summed E-state index contributed by atoms with van der Waals surface area (Å²) in [4.78, 5) is 19.3. The van der Waals surface area contributed by atoms with E-state index in [-0.39, 0.29) is 35.1 Å². The van der Waals surface area contributed by atoms with E-state index < -0.39 is 9.84 Å². The van der Waals surface area contributed by atoms with Crippen molar-refractivity contribution in [3.05, 3.63) is 48.0 Å². The van der Waals surface area contributed by atoms with Crippen LogP contribution >= 0.6 is 11.8 Å². The minimum atomic E-state index is -3.15. The van der Waals surface area contributed by atoms with Gasteiger partial charge in [0.25, 0.3) is 5.91 Å². The van der Waals surface area contributed by atoms with E-state index in [1.54, 1.807) is 32.4 Å². The largest absolute Gasteiger partial charge is 0.494 e. The second-order valence-corrected chi connectivity index (χ2v) is 11.9. The summed E-state index contributed by atoms with van der Waals surface area (Å²) in [6, 6.07) is 12.6. The zero-order valence-electron chi connectivity index (χ0n) is 20.1. The van der Waals surface area contributed by atoms with Crippen LogP contribution in [-0.2, 0) is 21.1 Å². The van der Waals surface area contributed by atoms with Gasteiger partial charge in [0.1, 0.15) is 5.75 Å². The third-order valence-corrected chi connectivity index (χ3v) is 9.16. The van der Waals surface area contributed by atoms with E-state index in [4.69, 9.17) is 14.2 Å². The number of hydrogen-bond donors (Lipinski definition) is 0. The normalized spacial score (nSPS) is 21.7. The fourth-order valence-electron chi connectivity index (χ4n) is 4.24. The van der Waals surface area contributed by atoms with E-state index in [1.165, 1.54) is 11.8 Å². The first-order chi connectivity index (χ1) is 16.8. The van der Waals surface area contributed by atoms with Crippen LogP contribution in [-0.4, -0.2) is 63.1 Å². The molecule has 2 aliphatic heterocycles. The lowest BCUT2D eigenvalue weighted by atomic mass is 10.1. The summed E-state index contributed by atoms with van der Waals surface area (Å²) in [5.41, 5.74) is 1.52. The van der Waals surface area contributed by atoms with Crippen molar-refractivity contribution >= 4 is 38.4 Å². The summed E-state index contributed by atoms with van der Waals surface area (Å²) in [5.74, 6) is 1.64. The molecule has 0 spiro atoms. The molecular weight excluding hydrogens is 488 g/mol. The van der Waals surface area contributed by atoms with Crippen molar-refractivity contribution in [2.24, 2.45) is 4.99 Å².